The second-order valence-corrected chi connectivity index (χ2v) is 7.63. The van der Waals surface area contributed by atoms with Crippen LogP contribution in [-0.2, 0) is 25.5 Å². The molecular formula is C18H23N5O8. The van der Waals surface area contributed by atoms with Crippen molar-refractivity contribution in [3.8, 4) is 0 Å². The number of aromatic amines is 1. The molecule has 31 heavy (non-hydrogen) atoms. The SMILES string of the molecule is CCOC(=O)c1cnnn1Cc1cn([C@@H]2O[C@H](CO)[C@H]3OC(C)(C)O[C@H]32)c(=O)[nH]c1=O. The van der Waals surface area contributed by atoms with Gasteiger partial charge in [-0.3, -0.25) is 14.3 Å². The summed E-state index contributed by atoms with van der Waals surface area (Å²) in [7, 11) is 0. The van der Waals surface area contributed by atoms with Gasteiger partial charge >= 0.3 is 11.7 Å². The quantitative estimate of drug-likeness (QED) is 0.523. The third-order valence-electron chi connectivity index (χ3n) is 5.04. The number of aliphatic hydroxyl groups excluding tert-OH is 1. The lowest BCUT2D eigenvalue weighted by molar-refractivity contribution is -0.200. The van der Waals surface area contributed by atoms with Crippen LogP contribution >= 0.6 is 0 Å². The van der Waals surface area contributed by atoms with Crippen LogP contribution in [0.1, 0.15) is 43.1 Å². The van der Waals surface area contributed by atoms with Gasteiger partial charge in [-0.15, -0.1) is 5.10 Å². The summed E-state index contributed by atoms with van der Waals surface area (Å²) in [6.45, 7) is 4.80. The van der Waals surface area contributed by atoms with Crippen LogP contribution in [0, 0.1) is 0 Å². The number of rotatable bonds is 6. The van der Waals surface area contributed by atoms with Gasteiger partial charge in [0.15, 0.2) is 17.7 Å². The molecular weight excluding hydrogens is 414 g/mol. The van der Waals surface area contributed by atoms with E-state index >= 15 is 0 Å². The van der Waals surface area contributed by atoms with Gasteiger partial charge in [-0.25, -0.2) is 14.3 Å². The molecule has 2 saturated heterocycles. The molecule has 2 N–H and O–H groups in total. The first kappa shape index (κ1) is 21.4. The van der Waals surface area contributed by atoms with Crippen LogP contribution in [-0.4, -0.2) is 72.9 Å². The lowest BCUT2D eigenvalue weighted by Crippen LogP contribution is -2.39. The van der Waals surface area contributed by atoms with Gasteiger partial charge in [-0.1, -0.05) is 5.21 Å². The van der Waals surface area contributed by atoms with Crippen molar-refractivity contribution in [2.24, 2.45) is 0 Å². The van der Waals surface area contributed by atoms with Crippen LogP contribution in [0.15, 0.2) is 22.0 Å². The van der Waals surface area contributed by atoms with E-state index in [0.717, 1.165) is 0 Å². The Kier molecular flexibility index (Phi) is 5.51. The first-order valence-corrected chi connectivity index (χ1v) is 9.76. The average molecular weight is 437 g/mol. The number of nitrogens with one attached hydrogen (secondary N) is 1. The minimum atomic E-state index is -0.938. The third-order valence-corrected chi connectivity index (χ3v) is 5.04. The topological polar surface area (TPSA) is 160 Å². The Hall–Kier alpha value is -2.87. The summed E-state index contributed by atoms with van der Waals surface area (Å²) in [4.78, 5) is 39.2. The lowest BCUT2D eigenvalue weighted by atomic mass is 10.1. The Balaban J connectivity index is 1.67. The number of ether oxygens (including phenoxy) is 4. The molecule has 0 spiro atoms. The monoisotopic (exact) mass is 437 g/mol. The van der Waals surface area contributed by atoms with Crippen molar-refractivity contribution >= 4 is 5.97 Å². The minimum absolute atomic E-state index is 0.0609. The molecule has 4 atom stereocenters. The molecule has 2 aromatic heterocycles. The molecule has 0 amide bonds. The van der Waals surface area contributed by atoms with Crippen molar-refractivity contribution in [1.82, 2.24) is 24.5 Å². The molecule has 2 aromatic rings. The van der Waals surface area contributed by atoms with Crippen molar-refractivity contribution in [1.29, 1.82) is 0 Å². The number of nitrogens with zero attached hydrogens (tertiary/aromatic N) is 4. The standard InChI is InChI=1S/C18H23N5O8/c1-4-28-16(26)10-5-19-21-23(10)7-9-6-22(17(27)20-14(9)25)15-13-12(11(8-24)29-15)30-18(2,3)31-13/h5-6,11-13,15,24H,4,7-8H2,1-3H3,(H,20,25,27)/t11-,12-,13-,15-/m1/s1. The lowest BCUT2D eigenvalue weighted by Gasteiger charge is -2.24. The molecule has 2 aliphatic heterocycles. The first-order valence-electron chi connectivity index (χ1n) is 9.76. The van der Waals surface area contributed by atoms with Crippen LogP contribution < -0.4 is 11.2 Å². The molecule has 0 unspecified atom stereocenters. The van der Waals surface area contributed by atoms with E-state index in [9.17, 15) is 19.5 Å². The van der Waals surface area contributed by atoms with E-state index in [2.05, 4.69) is 15.3 Å². The highest BCUT2D eigenvalue weighted by atomic mass is 16.8. The van der Waals surface area contributed by atoms with Crippen LogP contribution in [0.2, 0.25) is 0 Å². The van der Waals surface area contributed by atoms with Crippen molar-refractivity contribution < 1.29 is 28.8 Å². The Labute approximate surface area is 175 Å². The van der Waals surface area contributed by atoms with E-state index in [1.807, 2.05) is 0 Å². The van der Waals surface area contributed by atoms with Crippen LogP contribution in [0.5, 0.6) is 0 Å². The van der Waals surface area contributed by atoms with E-state index in [0.29, 0.717) is 0 Å². The highest BCUT2D eigenvalue weighted by molar-refractivity contribution is 5.87. The number of hydrogen-bond donors (Lipinski definition) is 2. The smallest absolute Gasteiger partial charge is 0.358 e. The Bertz CT molecular complexity index is 1090. The highest BCUT2D eigenvalue weighted by Gasteiger charge is 2.55. The molecule has 4 rings (SSSR count). The minimum Gasteiger partial charge on any atom is -0.461 e. The van der Waals surface area contributed by atoms with Gasteiger partial charge in [0.05, 0.1) is 31.5 Å². The molecule has 0 bridgehead atoms. The Morgan fingerprint density at radius 3 is 2.77 bits per heavy atom. The zero-order valence-corrected chi connectivity index (χ0v) is 17.2. The van der Waals surface area contributed by atoms with Crippen molar-refractivity contribution in [3.05, 3.63) is 44.5 Å². The predicted octanol–water partition coefficient (Wildman–Crippen LogP) is -1.24. The summed E-state index contributed by atoms with van der Waals surface area (Å²) < 4.78 is 24.8. The van der Waals surface area contributed by atoms with Gasteiger partial charge in [0.1, 0.15) is 18.3 Å². The molecule has 0 radical (unpaired) electrons. The summed E-state index contributed by atoms with van der Waals surface area (Å²) >= 11 is 0. The molecule has 2 aliphatic rings. The molecule has 13 heteroatoms. The van der Waals surface area contributed by atoms with Gasteiger partial charge < -0.3 is 24.1 Å². The fourth-order valence-electron chi connectivity index (χ4n) is 3.76. The molecule has 2 fully saturated rings. The average Bonchev–Trinajstić information content (AvgIpc) is 3.37. The van der Waals surface area contributed by atoms with Gasteiger partial charge in [-0.05, 0) is 20.8 Å². The summed E-state index contributed by atoms with van der Waals surface area (Å²) in [6, 6.07) is 0. The number of hydrogen-bond acceptors (Lipinski definition) is 10. The maximum Gasteiger partial charge on any atom is 0.358 e. The van der Waals surface area contributed by atoms with E-state index < -0.39 is 47.5 Å². The summed E-state index contributed by atoms with van der Waals surface area (Å²) in [5.41, 5.74) is -1.18. The maximum absolute atomic E-state index is 12.5. The van der Waals surface area contributed by atoms with E-state index in [1.54, 1.807) is 20.8 Å². The van der Waals surface area contributed by atoms with Crippen molar-refractivity contribution in [2.45, 2.75) is 57.6 Å². The number of fused-ring (bicyclic) bond motifs is 1. The number of esters is 1. The maximum atomic E-state index is 12.5. The molecule has 4 heterocycles. The third kappa shape index (κ3) is 3.92. The number of carbonyl (C=O) groups excluding carboxylic acids is 1. The second-order valence-electron chi connectivity index (χ2n) is 7.63. The van der Waals surface area contributed by atoms with Crippen molar-refractivity contribution in [3.63, 3.8) is 0 Å². The molecule has 0 saturated carbocycles. The van der Waals surface area contributed by atoms with Gasteiger partial charge in [0.25, 0.3) is 5.56 Å². The highest BCUT2D eigenvalue weighted by Crippen LogP contribution is 2.42. The second kappa shape index (κ2) is 8.00. The van der Waals surface area contributed by atoms with E-state index in [4.69, 9.17) is 18.9 Å². The predicted molar refractivity (Wildman–Crippen MR) is 101 cm³/mol. The van der Waals surface area contributed by atoms with Crippen LogP contribution in [0.4, 0.5) is 0 Å². The fourth-order valence-corrected chi connectivity index (χ4v) is 3.76. The molecule has 0 aromatic carbocycles. The zero-order chi connectivity index (χ0) is 22.3. The Morgan fingerprint density at radius 1 is 1.32 bits per heavy atom. The van der Waals surface area contributed by atoms with Crippen LogP contribution in [0.25, 0.3) is 0 Å². The number of aliphatic hydroxyl groups is 1. The fraction of sp³-hybridized carbons (Fsp3) is 0.611. The van der Waals surface area contributed by atoms with E-state index in [-0.39, 0.29) is 31.0 Å². The van der Waals surface area contributed by atoms with Gasteiger partial charge in [0.2, 0.25) is 0 Å². The van der Waals surface area contributed by atoms with Gasteiger partial charge in [-0.2, -0.15) is 0 Å². The normalized spacial score (nSPS) is 26.7. The number of aromatic nitrogens is 5. The first-order chi connectivity index (χ1) is 14.7. The number of H-pyrrole nitrogens is 1. The van der Waals surface area contributed by atoms with Crippen LogP contribution in [0.3, 0.4) is 0 Å². The van der Waals surface area contributed by atoms with Crippen molar-refractivity contribution in [2.75, 3.05) is 13.2 Å². The summed E-state index contributed by atoms with van der Waals surface area (Å²) in [5, 5.41) is 17.2. The molecule has 13 nitrogen and oxygen atoms in total. The summed E-state index contributed by atoms with van der Waals surface area (Å²) in [6.07, 6.45) is -0.362. The molecule has 0 aliphatic carbocycles. The number of carbonyl (C=O) groups is 1. The van der Waals surface area contributed by atoms with E-state index in [1.165, 1.54) is 21.6 Å². The van der Waals surface area contributed by atoms with Gasteiger partial charge in [0, 0.05) is 6.20 Å². The molecule has 168 valence electrons. The Morgan fingerprint density at radius 2 is 2.06 bits per heavy atom. The zero-order valence-electron chi connectivity index (χ0n) is 17.2. The largest absolute Gasteiger partial charge is 0.461 e. The summed E-state index contributed by atoms with van der Waals surface area (Å²) in [5.74, 6) is -1.56.